The zero-order chi connectivity index (χ0) is 22.1. The van der Waals surface area contributed by atoms with Crippen molar-refractivity contribution in [2.24, 2.45) is 0 Å². The summed E-state index contributed by atoms with van der Waals surface area (Å²) < 4.78 is 2.88. The molecule has 5 rings (SSSR count). The summed E-state index contributed by atoms with van der Waals surface area (Å²) >= 11 is 6.86. The quantitative estimate of drug-likeness (QED) is 0.288. The monoisotopic (exact) mass is 521 g/mol. The maximum Gasteiger partial charge on any atom is 0.262 e. The summed E-state index contributed by atoms with van der Waals surface area (Å²) in [5.41, 5.74) is 2.89. The van der Waals surface area contributed by atoms with Crippen LogP contribution in [0.15, 0.2) is 62.7 Å². The maximum absolute atomic E-state index is 13.7. The minimum Gasteiger partial charge on any atom is -0.291 e. The third-order valence-electron chi connectivity index (χ3n) is 5.76. The third kappa shape index (κ3) is 4.27. The van der Waals surface area contributed by atoms with Gasteiger partial charge in [-0.15, -0.1) is 23.1 Å². The van der Waals surface area contributed by atoms with Crippen molar-refractivity contribution >= 4 is 49.2 Å². The summed E-state index contributed by atoms with van der Waals surface area (Å²) in [6.45, 7) is 0.453. The molecule has 0 unspecified atom stereocenters. The van der Waals surface area contributed by atoms with Gasteiger partial charge in [0.05, 0.1) is 29.3 Å². The van der Waals surface area contributed by atoms with Crippen molar-refractivity contribution in [3.63, 3.8) is 0 Å². The van der Waals surface area contributed by atoms with Crippen LogP contribution in [-0.4, -0.2) is 9.55 Å². The molecule has 2 aromatic carbocycles. The summed E-state index contributed by atoms with van der Waals surface area (Å²) in [7, 11) is 0. The molecule has 2 heterocycles. The zero-order valence-corrected chi connectivity index (χ0v) is 20.5. The average Bonchev–Trinajstić information content (AvgIpc) is 3.20. The fraction of sp³-hybridized carbons (Fsp3) is 0.240. The number of benzene rings is 2. The molecule has 0 spiro atoms. The van der Waals surface area contributed by atoms with E-state index in [0.29, 0.717) is 17.9 Å². The minimum atomic E-state index is 0.0603. The van der Waals surface area contributed by atoms with E-state index in [0.717, 1.165) is 50.2 Å². The van der Waals surface area contributed by atoms with Gasteiger partial charge in [0.1, 0.15) is 10.7 Å². The van der Waals surface area contributed by atoms with Gasteiger partial charge in [-0.25, -0.2) is 4.98 Å². The highest BCUT2D eigenvalue weighted by atomic mass is 79.9. The predicted octanol–water partition coefficient (Wildman–Crippen LogP) is 6.31. The number of nitriles is 1. The molecule has 0 radical (unpaired) electrons. The summed E-state index contributed by atoms with van der Waals surface area (Å²) in [6, 6.07) is 17.8. The summed E-state index contributed by atoms with van der Waals surface area (Å²) in [4.78, 5) is 22.1. The van der Waals surface area contributed by atoms with Gasteiger partial charge in [0.2, 0.25) is 0 Å². The van der Waals surface area contributed by atoms with E-state index < -0.39 is 0 Å². The van der Waals surface area contributed by atoms with E-state index in [9.17, 15) is 4.79 Å². The van der Waals surface area contributed by atoms with E-state index in [1.807, 2.05) is 28.8 Å². The molecule has 0 aliphatic heterocycles. The van der Waals surface area contributed by atoms with Crippen molar-refractivity contribution in [3.05, 3.63) is 90.7 Å². The molecule has 0 bridgehead atoms. The van der Waals surface area contributed by atoms with E-state index in [1.165, 1.54) is 16.9 Å². The van der Waals surface area contributed by atoms with Gasteiger partial charge in [-0.1, -0.05) is 28.1 Å². The molecule has 1 aliphatic carbocycles. The Kier molecular flexibility index (Phi) is 6.18. The van der Waals surface area contributed by atoms with Crippen molar-refractivity contribution in [1.29, 1.82) is 5.26 Å². The lowest BCUT2D eigenvalue weighted by atomic mass is 9.97. The lowest BCUT2D eigenvalue weighted by Crippen LogP contribution is -2.26. The average molecular weight is 522 g/mol. The lowest BCUT2D eigenvalue weighted by molar-refractivity contribution is 0.691. The fourth-order valence-electron chi connectivity index (χ4n) is 4.10. The molecule has 0 atom stereocenters. The van der Waals surface area contributed by atoms with Crippen molar-refractivity contribution in [1.82, 2.24) is 9.55 Å². The molecule has 0 N–H and O–H groups in total. The topological polar surface area (TPSA) is 58.7 Å². The molecule has 4 nitrogen and oxygen atoms in total. The summed E-state index contributed by atoms with van der Waals surface area (Å²) in [6.07, 6.45) is 4.34. The van der Waals surface area contributed by atoms with Gasteiger partial charge in [-0.05, 0) is 73.2 Å². The Morgan fingerprint density at radius 2 is 1.84 bits per heavy atom. The van der Waals surface area contributed by atoms with Gasteiger partial charge < -0.3 is 0 Å². The van der Waals surface area contributed by atoms with Crippen LogP contribution < -0.4 is 5.56 Å². The third-order valence-corrected chi connectivity index (χ3v) is 8.48. The molecule has 32 heavy (non-hydrogen) atoms. The first-order valence-corrected chi connectivity index (χ1v) is 13.1. The van der Waals surface area contributed by atoms with Crippen LogP contribution in [0.5, 0.6) is 0 Å². The Bertz CT molecular complexity index is 1380. The highest BCUT2D eigenvalue weighted by Gasteiger charge is 2.22. The van der Waals surface area contributed by atoms with Crippen LogP contribution in [0.2, 0.25) is 0 Å². The molecule has 1 aliphatic rings. The molecule has 0 fully saturated rings. The highest BCUT2D eigenvalue weighted by molar-refractivity contribution is 9.10. The Hall–Kier alpha value is -2.40. The van der Waals surface area contributed by atoms with E-state index in [-0.39, 0.29) is 5.56 Å². The normalized spacial score (nSPS) is 13.1. The number of nitrogens with zero attached hydrogens (tertiary/aromatic N) is 3. The first-order chi connectivity index (χ1) is 15.6. The molecule has 0 saturated heterocycles. The number of halogens is 1. The Morgan fingerprint density at radius 1 is 1.09 bits per heavy atom. The van der Waals surface area contributed by atoms with Crippen LogP contribution in [0.3, 0.4) is 0 Å². The number of aromatic nitrogens is 2. The Morgan fingerprint density at radius 3 is 2.59 bits per heavy atom. The van der Waals surface area contributed by atoms with Crippen molar-refractivity contribution in [2.45, 2.75) is 42.9 Å². The Balaban J connectivity index is 1.57. The van der Waals surface area contributed by atoms with Crippen LogP contribution in [-0.2, 0) is 25.1 Å². The van der Waals surface area contributed by atoms with E-state index in [4.69, 9.17) is 10.2 Å². The Labute approximate surface area is 203 Å². The van der Waals surface area contributed by atoms with Crippen LogP contribution >= 0.6 is 39.0 Å². The number of hydrogen-bond donors (Lipinski definition) is 0. The van der Waals surface area contributed by atoms with Crippen LogP contribution in [0.4, 0.5) is 0 Å². The molecule has 0 saturated carbocycles. The molecular formula is C25H20BrN3OS2. The predicted molar refractivity (Wildman–Crippen MR) is 134 cm³/mol. The summed E-state index contributed by atoms with van der Waals surface area (Å²) in [5, 5.41) is 9.90. The second-order valence-corrected chi connectivity index (χ2v) is 10.9. The van der Waals surface area contributed by atoms with Crippen molar-refractivity contribution in [2.75, 3.05) is 0 Å². The molecule has 160 valence electrons. The van der Waals surface area contributed by atoms with E-state index in [1.54, 1.807) is 35.2 Å². The van der Waals surface area contributed by atoms with E-state index >= 15 is 0 Å². The maximum atomic E-state index is 13.7. The number of aryl methyl sites for hydroxylation is 2. The van der Waals surface area contributed by atoms with Gasteiger partial charge in [-0.3, -0.25) is 9.36 Å². The van der Waals surface area contributed by atoms with Crippen LogP contribution in [0.25, 0.3) is 10.2 Å². The van der Waals surface area contributed by atoms with Gasteiger partial charge in [0, 0.05) is 14.2 Å². The fourth-order valence-corrected chi connectivity index (χ4v) is 6.48. The minimum absolute atomic E-state index is 0.0603. The molecular weight excluding hydrogens is 502 g/mol. The van der Waals surface area contributed by atoms with Gasteiger partial charge in [0.25, 0.3) is 5.56 Å². The van der Waals surface area contributed by atoms with E-state index in [2.05, 4.69) is 34.1 Å². The SMILES string of the molecule is N#Cc1ccc(Cn2c(CSc3ccc(Br)cc3)nc3sc4c(c3c2=O)CCCC4)cc1. The number of fused-ring (bicyclic) bond motifs is 3. The second kappa shape index (κ2) is 9.22. The van der Waals surface area contributed by atoms with Crippen LogP contribution in [0, 0.1) is 11.3 Å². The number of thioether (sulfide) groups is 1. The number of hydrogen-bond acceptors (Lipinski definition) is 5. The first-order valence-electron chi connectivity index (χ1n) is 10.5. The number of rotatable bonds is 5. The van der Waals surface area contributed by atoms with Crippen LogP contribution in [0.1, 0.15) is 40.2 Å². The zero-order valence-electron chi connectivity index (χ0n) is 17.3. The molecule has 4 aromatic rings. The highest BCUT2D eigenvalue weighted by Crippen LogP contribution is 2.34. The van der Waals surface area contributed by atoms with Gasteiger partial charge in [0.15, 0.2) is 0 Å². The van der Waals surface area contributed by atoms with Gasteiger partial charge >= 0.3 is 0 Å². The van der Waals surface area contributed by atoms with Crippen molar-refractivity contribution < 1.29 is 0 Å². The lowest BCUT2D eigenvalue weighted by Gasteiger charge is -2.14. The van der Waals surface area contributed by atoms with Gasteiger partial charge in [-0.2, -0.15) is 5.26 Å². The largest absolute Gasteiger partial charge is 0.291 e. The molecule has 7 heteroatoms. The first kappa shape index (κ1) is 21.4. The number of thiophene rings is 1. The standard InChI is InChI=1S/C25H20BrN3OS2/c26-18-9-11-19(12-10-18)31-15-22-28-24-23(20-3-1-2-4-21(20)32-24)25(30)29(22)14-17-7-5-16(13-27)6-8-17/h5-12H,1-4,14-15H2. The van der Waals surface area contributed by atoms with Crippen molar-refractivity contribution in [3.8, 4) is 6.07 Å². The molecule has 2 aromatic heterocycles. The molecule has 0 amide bonds. The summed E-state index contributed by atoms with van der Waals surface area (Å²) in [5.74, 6) is 1.41. The smallest absolute Gasteiger partial charge is 0.262 e. The second-order valence-electron chi connectivity index (χ2n) is 7.86.